The molecule has 2 aromatic rings. The minimum absolute atomic E-state index is 0.126. The molecule has 2 rings (SSSR count). The van der Waals surface area contributed by atoms with Gasteiger partial charge in [0.15, 0.2) is 0 Å². The van der Waals surface area contributed by atoms with E-state index in [2.05, 4.69) is 9.84 Å². The van der Waals surface area contributed by atoms with Crippen LogP contribution in [0.4, 0.5) is 10.5 Å². The summed E-state index contributed by atoms with van der Waals surface area (Å²) in [4.78, 5) is 33.2. The second kappa shape index (κ2) is 4.32. The van der Waals surface area contributed by atoms with Gasteiger partial charge in [0.2, 0.25) is 0 Å². The van der Waals surface area contributed by atoms with Gasteiger partial charge in [-0.3, -0.25) is 20.0 Å². The number of carbonyl (C=O) groups is 1. The predicted octanol–water partition coefficient (Wildman–Crippen LogP) is 1.24. The van der Waals surface area contributed by atoms with E-state index < -0.39 is 16.6 Å². The highest BCUT2D eigenvalue weighted by Gasteiger charge is 2.16. The van der Waals surface area contributed by atoms with Gasteiger partial charge in [0.25, 0.3) is 11.2 Å². The first-order valence-electron chi connectivity index (χ1n) is 5.11. The zero-order valence-corrected chi connectivity index (χ0v) is 9.37. The van der Waals surface area contributed by atoms with Crippen LogP contribution < -0.4 is 5.56 Å². The van der Waals surface area contributed by atoms with Gasteiger partial charge in [0, 0.05) is 12.1 Å². The molecule has 1 aromatic heterocycles. The molecule has 0 saturated carbocycles. The molecule has 0 atom stereocenters. The Morgan fingerprint density at radius 3 is 2.89 bits per heavy atom. The van der Waals surface area contributed by atoms with Crippen molar-refractivity contribution in [1.29, 1.82) is 0 Å². The van der Waals surface area contributed by atoms with E-state index in [-0.39, 0.29) is 23.2 Å². The highest BCUT2D eigenvalue weighted by Crippen LogP contribution is 2.16. The molecule has 0 amide bonds. The summed E-state index contributed by atoms with van der Waals surface area (Å²) in [5.74, 6) is 0. The van der Waals surface area contributed by atoms with E-state index in [1.54, 1.807) is 6.92 Å². The maximum Gasteiger partial charge on any atom is 0.436 e. The van der Waals surface area contributed by atoms with E-state index in [9.17, 15) is 19.7 Å². The van der Waals surface area contributed by atoms with Crippen molar-refractivity contribution in [3.05, 3.63) is 38.7 Å². The Labute approximate surface area is 99.9 Å². The lowest BCUT2D eigenvalue weighted by molar-refractivity contribution is -0.384. The van der Waals surface area contributed by atoms with Crippen LogP contribution in [0.2, 0.25) is 0 Å². The van der Waals surface area contributed by atoms with Gasteiger partial charge >= 0.3 is 6.09 Å². The Bertz CT molecular complexity index is 684. The van der Waals surface area contributed by atoms with Crippen LogP contribution in [0.1, 0.15) is 6.92 Å². The molecule has 8 heteroatoms. The SMILES string of the molecule is CCOC(=O)n1[nH]c2cc([N+](=O)[O-])ccc2c1=O. The fraction of sp³-hybridized carbons (Fsp3) is 0.200. The first-order chi connectivity index (χ1) is 8.54. The molecule has 0 aliphatic rings. The second-order valence-electron chi connectivity index (χ2n) is 3.44. The number of hydrogen-bond acceptors (Lipinski definition) is 5. The molecular weight excluding hydrogens is 242 g/mol. The van der Waals surface area contributed by atoms with Crippen molar-refractivity contribution in [2.24, 2.45) is 0 Å². The Kier molecular flexibility index (Phi) is 2.84. The zero-order chi connectivity index (χ0) is 13.3. The van der Waals surface area contributed by atoms with E-state index in [0.29, 0.717) is 4.68 Å². The summed E-state index contributed by atoms with van der Waals surface area (Å²) in [5.41, 5.74) is -0.555. The molecule has 1 aromatic carbocycles. The number of rotatable bonds is 2. The first kappa shape index (κ1) is 11.8. The van der Waals surface area contributed by atoms with Crippen LogP contribution in [0.25, 0.3) is 10.9 Å². The van der Waals surface area contributed by atoms with Gasteiger partial charge < -0.3 is 4.74 Å². The number of carbonyl (C=O) groups excluding carboxylic acids is 1. The third-order valence-electron chi connectivity index (χ3n) is 2.33. The summed E-state index contributed by atoms with van der Waals surface area (Å²) in [5, 5.41) is 13.2. The number of ether oxygens (including phenoxy) is 1. The number of fused-ring (bicyclic) bond motifs is 1. The van der Waals surface area contributed by atoms with E-state index in [4.69, 9.17) is 0 Å². The first-order valence-corrected chi connectivity index (χ1v) is 5.11. The van der Waals surface area contributed by atoms with Gasteiger partial charge in [-0.15, -0.1) is 4.68 Å². The average molecular weight is 251 g/mol. The molecule has 0 aliphatic heterocycles. The minimum atomic E-state index is -0.846. The van der Waals surface area contributed by atoms with Crippen molar-refractivity contribution in [3.8, 4) is 0 Å². The molecule has 1 N–H and O–H groups in total. The third kappa shape index (κ3) is 1.83. The summed E-state index contributed by atoms with van der Waals surface area (Å²) >= 11 is 0. The number of non-ortho nitro benzene ring substituents is 1. The lowest BCUT2D eigenvalue weighted by atomic mass is 10.2. The standard InChI is InChI=1S/C10H9N3O5/c1-2-18-10(15)12-9(14)7-4-3-6(13(16)17)5-8(7)11-12/h3-5,11H,2H2,1H3. The lowest BCUT2D eigenvalue weighted by Crippen LogP contribution is -2.25. The van der Waals surface area contributed by atoms with Gasteiger partial charge in [-0.1, -0.05) is 0 Å². The smallest absolute Gasteiger partial charge is 0.436 e. The van der Waals surface area contributed by atoms with Gasteiger partial charge in [-0.2, -0.15) is 0 Å². The Morgan fingerprint density at radius 1 is 1.56 bits per heavy atom. The zero-order valence-electron chi connectivity index (χ0n) is 9.37. The van der Waals surface area contributed by atoms with E-state index in [0.717, 1.165) is 0 Å². The Balaban J connectivity index is 2.59. The van der Waals surface area contributed by atoms with Crippen molar-refractivity contribution >= 4 is 22.7 Å². The fourth-order valence-corrected chi connectivity index (χ4v) is 1.53. The minimum Gasteiger partial charge on any atom is -0.448 e. The van der Waals surface area contributed by atoms with Crippen LogP contribution >= 0.6 is 0 Å². The summed E-state index contributed by atoms with van der Waals surface area (Å²) in [7, 11) is 0. The average Bonchev–Trinajstić information content (AvgIpc) is 2.66. The molecule has 18 heavy (non-hydrogen) atoms. The number of hydrogen-bond donors (Lipinski definition) is 1. The molecule has 0 spiro atoms. The molecule has 0 unspecified atom stereocenters. The predicted molar refractivity (Wildman–Crippen MR) is 61.6 cm³/mol. The largest absolute Gasteiger partial charge is 0.448 e. The summed E-state index contributed by atoms with van der Waals surface area (Å²) in [6, 6.07) is 3.68. The number of aromatic nitrogens is 2. The summed E-state index contributed by atoms with van der Waals surface area (Å²) < 4.78 is 5.35. The van der Waals surface area contributed by atoms with E-state index >= 15 is 0 Å². The highest BCUT2D eigenvalue weighted by molar-refractivity contribution is 5.83. The van der Waals surface area contributed by atoms with Gasteiger partial charge in [0.05, 0.1) is 22.4 Å². The molecule has 0 saturated heterocycles. The Hall–Kier alpha value is -2.64. The number of H-pyrrole nitrogens is 1. The highest BCUT2D eigenvalue weighted by atomic mass is 16.6. The summed E-state index contributed by atoms with van der Waals surface area (Å²) in [6.07, 6.45) is -0.846. The van der Waals surface area contributed by atoms with E-state index in [1.165, 1.54) is 18.2 Å². The van der Waals surface area contributed by atoms with Crippen LogP contribution in [0, 0.1) is 10.1 Å². The molecule has 0 fully saturated rings. The monoisotopic (exact) mass is 251 g/mol. The van der Waals surface area contributed by atoms with Crippen LogP contribution in [0.5, 0.6) is 0 Å². The molecule has 0 radical (unpaired) electrons. The van der Waals surface area contributed by atoms with Gasteiger partial charge in [-0.05, 0) is 13.0 Å². The lowest BCUT2D eigenvalue weighted by Gasteiger charge is -1.98. The fourth-order valence-electron chi connectivity index (χ4n) is 1.53. The number of nitrogens with one attached hydrogen (secondary N) is 1. The topological polar surface area (TPSA) is 107 Å². The summed E-state index contributed by atoms with van der Waals surface area (Å²) in [6.45, 7) is 1.73. The van der Waals surface area contributed by atoms with E-state index in [1.807, 2.05) is 0 Å². The van der Waals surface area contributed by atoms with Crippen molar-refractivity contribution in [1.82, 2.24) is 9.78 Å². The van der Waals surface area contributed by atoms with Crippen LogP contribution in [-0.4, -0.2) is 27.4 Å². The quantitative estimate of drug-likeness (QED) is 0.638. The number of nitro groups is 1. The van der Waals surface area contributed by atoms with Crippen molar-refractivity contribution in [2.75, 3.05) is 6.61 Å². The molecular formula is C10H9N3O5. The van der Waals surface area contributed by atoms with Crippen LogP contribution in [0.15, 0.2) is 23.0 Å². The van der Waals surface area contributed by atoms with Crippen LogP contribution in [0.3, 0.4) is 0 Å². The molecule has 8 nitrogen and oxygen atoms in total. The second-order valence-corrected chi connectivity index (χ2v) is 3.44. The molecule has 1 heterocycles. The van der Waals surface area contributed by atoms with Crippen molar-refractivity contribution < 1.29 is 14.5 Å². The number of nitro benzene ring substituents is 1. The number of aromatic amines is 1. The third-order valence-corrected chi connectivity index (χ3v) is 2.33. The maximum absolute atomic E-state index is 11.8. The van der Waals surface area contributed by atoms with Crippen molar-refractivity contribution in [3.63, 3.8) is 0 Å². The Morgan fingerprint density at radius 2 is 2.28 bits per heavy atom. The van der Waals surface area contributed by atoms with Gasteiger partial charge in [-0.25, -0.2) is 4.79 Å². The maximum atomic E-state index is 11.8. The normalized spacial score (nSPS) is 10.5. The van der Waals surface area contributed by atoms with Gasteiger partial charge in [0.1, 0.15) is 0 Å². The molecule has 94 valence electrons. The molecule has 0 bridgehead atoms. The van der Waals surface area contributed by atoms with Crippen molar-refractivity contribution in [2.45, 2.75) is 6.92 Å². The molecule has 0 aliphatic carbocycles. The number of benzene rings is 1. The number of nitrogens with zero attached hydrogens (tertiary/aromatic N) is 2. The van der Waals surface area contributed by atoms with Crippen LogP contribution in [-0.2, 0) is 4.74 Å².